The van der Waals surface area contributed by atoms with E-state index in [-0.39, 0.29) is 6.61 Å². The van der Waals surface area contributed by atoms with Crippen LogP contribution >= 0.6 is 11.6 Å². The van der Waals surface area contributed by atoms with Gasteiger partial charge in [-0.05, 0) is 30.9 Å². The molecule has 2 N–H and O–H groups in total. The van der Waals surface area contributed by atoms with Crippen LogP contribution in [0.1, 0.15) is 24.8 Å². The van der Waals surface area contributed by atoms with Crippen LogP contribution in [-0.4, -0.2) is 45.6 Å². The molecule has 5 heteroatoms. The minimum absolute atomic E-state index is 0.268. The predicted octanol–water partition coefficient (Wildman–Crippen LogP) is 2.67. The first-order valence-corrected chi connectivity index (χ1v) is 7.87. The van der Waals surface area contributed by atoms with Crippen LogP contribution < -0.4 is 10.2 Å². The third kappa shape index (κ3) is 6.66. The lowest BCUT2D eigenvalue weighted by atomic mass is 10.1. The van der Waals surface area contributed by atoms with E-state index >= 15 is 0 Å². The normalized spacial score (nSPS) is 10.9. The number of rotatable bonds is 11. The number of aliphatic hydroxyl groups is 1. The van der Waals surface area contributed by atoms with Gasteiger partial charge in [-0.2, -0.15) is 0 Å². The van der Waals surface area contributed by atoms with Crippen molar-refractivity contribution in [2.24, 2.45) is 0 Å². The van der Waals surface area contributed by atoms with Gasteiger partial charge in [-0.1, -0.05) is 23.7 Å². The fourth-order valence-electron chi connectivity index (χ4n) is 2.28. The van der Waals surface area contributed by atoms with Crippen molar-refractivity contribution in [3.05, 3.63) is 28.8 Å². The molecule has 4 nitrogen and oxygen atoms in total. The molecule has 0 heterocycles. The second-order valence-electron chi connectivity index (χ2n) is 5.12. The van der Waals surface area contributed by atoms with Crippen LogP contribution in [0.15, 0.2) is 18.2 Å². The average molecular weight is 315 g/mol. The Bertz CT molecular complexity index is 402. The molecule has 0 spiro atoms. The highest BCUT2D eigenvalue weighted by Gasteiger charge is 2.11. The second-order valence-corrected chi connectivity index (χ2v) is 5.53. The molecule has 0 aliphatic carbocycles. The lowest BCUT2D eigenvalue weighted by Gasteiger charge is -2.24. The molecule has 1 aromatic rings. The third-order valence-electron chi connectivity index (χ3n) is 3.40. The number of methoxy groups -OCH3 is 1. The molecule has 21 heavy (non-hydrogen) atoms. The minimum Gasteiger partial charge on any atom is -0.396 e. The summed E-state index contributed by atoms with van der Waals surface area (Å²) in [6, 6.07) is 6.02. The standard InChI is InChI=1S/C16H27ClN2O2/c1-19(10-4-3-5-11-20)16-14(7-6-8-15(16)17)13-18-9-12-21-2/h6-8,18,20H,3-5,9-13H2,1-2H3. The van der Waals surface area contributed by atoms with Gasteiger partial charge in [0.25, 0.3) is 0 Å². The number of hydrogen-bond donors (Lipinski definition) is 2. The topological polar surface area (TPSA) is 44.7 Å². The second kappa shape index (κ2) is 10.9. The Morgan fingerprint density at radius 3 is 2.81 bits per heavy atom. The monoisotopic (exact) mass is 314 g/mol. The van der Waals surface area contributed by atoms with Crippen molar-refractivity contribution in [1.29, 1.82) is 0 Å². The van der Waals surface area contributed by atoms with Crippen molar-refractivity contribution in [3.8, 4) is 0 Å². The highest BCUT2D eigenvalue weighted by Crippen LogP contribution is 2.29. The maximum atomic E-state index is 8.82. The van der Waals surface area contributed by atoms with E-state index in [0.717, 1.165) is 49.6 Å². The molecule has 1 rings (SSSR count). The number of hydrogen-bond acceptors (Lipinski definition) is 4. The van der Waals surface area contributed by atoms with Crippen LogP contribution in [-0.2, 0) is 11.3 Å². The molecule has 0 fully saturated rings. The zero-order valence-electron chi connectivity index (χ0n) is 13.1. The Kier molecular flexibility index (Phi) is 9.42. The van der Waals surface area contributed by atoms with Gasteiger partial charge in [-0.15, -0.1) is 0 Å². The maximum absolute atomic E-state index is 8.82. The van der Waals surface area contributed by atoms with E-state index in [4.69, 9.17) is 21.4 Å². The van der Waals surface area contributed by atoms with Crippen LogP contribution in [0.3, 0.4) is 0 Å². The summed E-state index contributed by atoms with van der Waals surface area (Å²) in [6.45, 7) is 3.51. The lowest BCUT2D eigenvalue weighted by Crippen LogP contribution is -2.24. The van der Waals surface area contributed by atoms with Crippen LogP contribution in [0.4, 0.5) is 5.69 Å². The molecule has 0 saturated heterocycles. The highest BCUT2D eigenvalue weighted by molar-refractivity contribution is 6.33. The summed E-state index contributed by atoms with van der Waals surface area (Å²) in [5.74, 6) is 0. The van der Waals surface area contributed by atoms with E-state index in [9.17, 15) is 0 Å². The van der Waals surface area contributed by atoms with Gasteiger partial charge in [0.15, 0.2) is 0 Å². The van der Waals surface area contributed by atoms with Gasteiger partial charge >= 0.3 is 0 Å². The molecule has 0 atom stereocenters. The van der Waals surface area contributed by atoms with Gasteiger partial charge in [-0.3, -0.25) is 0 Å². The Hall–Kier alpha value is -0.810. The van der Waals surface area contributed by atoms with E-state index in [1.807, 2.05) is 12.1 Å². The van der Waals surface area contributed by atoms with Gasteiger partial charge in [0, 0.05) is 40.4 Å². The number of anilines is 1. The maximum Gasteiger partial charge on any atom is 0.0642 e. The van der Waals surface area contributed by atoms with Gasteiger partial charge < -0.3 is 20.1 Å². The Balaban J connectivity index is 2.61. The molecule has 1 aromatic carbocycles. The Morgan fingerprint density at radius 2 is 2.10 bits per heavy atom. The summed E-state index contributed by atoms with van der Waals surface area (Å²) in [6.07, 6.45) is 2.95. The molecule has 0 saturated carbocycles. The van der Waals surface area contributed by atoms with Gasteiger partial charge in [0.1, 0.15) is 0 Å². The van der Waals surface area contributed by atoms with Crippen molar-refractivity contribution in [2.75, 3.05) is 45.4 Å². The zero-order chi connectivity index (χ0) is 15.5. The molecule has 0 amide bonds. The van der Waals surface area contributed by atoms with Gasteiger partial charge in [0.05, 0.1) is 17.3 Å². The van der Waals surface area contributed by atoms with E-state index in [1.54, 1.807) is 7.11 Å². The van der Waals surface area contributed by atoms with Crippen molar-refractivity contribution in [2.45, 2.75) is 25.8 Å². The molecular weight excluding hydrogens is 288 g/mol. The number of para-hydroxylation sites is 1. The summed E-state index contributed by atoms with van der Waals surface area (Å²) in [5.41, 5.74) is 2.29. The summed E-state index contributed by atoms with van der Waals surface area (Å²) >= 11 is 6.37. The molecule has 0 aliphatic heterocycles. The molecule has 0 aliphatic rings. The van der Waals surface area contributed by atoms with Crippen molar-refractivity contribution in [1.82, 2.24) is 5.32 Å². The van der Waals surface area contributed by atoms with E-state index in [2.05, 4.69) is 23.3 Å². The molecule has 0 bridgehead atoms. The van der Waals surface area contributed by atoms with E-state index in [1.165, 1.54) is 5.56 Å². The van der Waals surface area contributed by atoms with Crippen LogP contribution in [0.2, 0.25) is 5.02 Å². The van der Waals surface area contributed by atoms with Crippen molar-refractivity contribution in [3.63, 3.8) is 0 Å². The molecule has 120 valence electrons. The van der Waals surface area contributed by atoms with Crippen LogP contribution in [0, 0.1) is 0 Å². The fraction of sp³-hybridized carbons (Fsp3) is 0.625. The third-order valence-corrected chi connectivity index (χ3v) is 3.71. The molecular formula is C16H27ClN2O2. The van der Waals surface area contributed by atoms with Crippen LogP contribution in [0.25, 0.3) is 0 Å². The fourth-order valence-corrected chi connectivity index (χ4v) is 2.62. The summed E-state index contributed by atoms with van der Waals surface area (Å²) in [4.78, 5) is 2.20. The molecule has 0 radical (unpaired) electrons. The largest absolute Gasteiger partial charge is 0.396 e. The summed E-state index contributed by atoms with van der Waals surface area (Å²) in [5, 5.41) is 13.0. The number of aliphatic hydroxyl groups excluding tert-OH is 1. The highest BCUT2D eigenvalue weighted by atomic mass is 35.5. The smallest absolute Gasteiger partial charge is 0.0642 e. The van der Waals surface area contributed by atoms with Gasteiger partial charge in [0.2, 0.25) is 0 Å². The molecule has 0 aromatic heterocycles. The van der Waals surface area contributed by atoms with E-state index in [0.29, 0.717) is 6.61 Å². The first-order chi connectivity index (χ1) is 10.2. The van der Waals surface area contributed by atoms with Crippen LogP contribution in [0.5, 0.6) is 0 Å². The number of benzene rings is 1. The number of unbranched alkanes of at least 4 members (excludes halogenated alkanes) is 2. The number of ether oxygens (including phenoxy) is 1. The predicted molar refractivity (Wildman–Crippen MR) is 89.2 cm³/mol. The molecule has 0 unspecified atom stereocenters. The SMILES string of the molecule is COCCNCc1cccc(Cl)c1N(C)CCCCCO. The summed E-state index contributed by atoms with van der Waals surface area (Å²) < 4.78 is 5.04. The Labute approximate surface area is 133 Å². The minimum atomic E-state index is 0.268. The quantitative estimate of drug-likeness (QED) is 0.616. The van der Waals surface area contributed by atoms with Gasteiger partial charge in [-0.25, -0.2) is 0 Å². The first kappa shape index (κ1) is 18.2. The number of nitrogens with one attached hydrogen (secondary N) is 1. The first-order valence-electron chi connectivity index (χ1n) is 7.49. The number of halogens is 1. The van der Waals surface area contributed by atoms with Crippen molar-refractivity contribution < 1.29 is 9.84 Å². The summed E-state index contributed by atoms with van der Waals surface area (Å²) in [7, 11) is 3.77. The van der Waals surface area contributed by atoms with Crippen molar-refractivity contribution >= 4 is 17.3 Å². The van der Waals surface area contributed by atoms with E-state index < -0.39 is 0 Å². The number of nitrogens with zero attached hydrogens (tertiary/aromatic N) is 1. The average Bonchev–Trinajstić information content (AvgIpc) is 2.48. The lowest BCUT2D eigenvalue weighted by molar-refractivity contribution is 0.199. The Morgan fingerprint density at radius 1 is 1.29 bits per heavy atom. The zero-order valence-corrected chi connectivity index (χ0v) is 13.8.